The quantitative estimate of drug-likeness (QED) is 0.876. The van der Waals surface area contributed by atoms with Crippen molar-refractivity contribution in [1.29, 1.82) is 0 Å². The minimum atomic E-state index is -0.117. The molecule has 0 radical (unpaired) electrons. The maximum absolute atomic E-state index is 13.5. The highest BCUT2D eigenvalue weighted by molar-refractivity contribution is 5.30. The highest BCUT2D eigenvalue weighted by atomic mass is 19.1. The zero-order chi connectivity index (χ0) is 14.5. The first kappa shape index (κ1) is 14.7. The third-order valence-electron chi connectivity index (χ3n) is 3.36. The molecule has 0 saturated carbocycles. The Balaban J connectivity index is 1.92. The first-order valence-corrected chi connectivity index (χ1v) is 6.75. The number of halogens is 1. The Morgan fingerprint density at radius 1 is 0.900 bits per heavy atom. The van der Waals surface area contributed by atoms with Crippen LogP contribution in [0.25, 0.3) is 0 Å². The smallest absolute Gasteiger partial charge is 0.129 e. The second-order valence-electron chi connectivity index (χ2n) is 5.12. The topological polar surface area (TPSA) is 32.3 Å². The van der Waals surface area contributed by atoms with E-state index in [2.05, 4.69) is 5.32 Å². The third kappa shape index (κ3) is 3.65. The van der Waals surface area contributed by atoms with Crippen LogP contribution < -0.4 is 5.32 Å². The highest BCUT2D eigenvalue weighted by Crippen LogP contribution is 2.14. The first-order valence-electron chi connectivity index (χ1n) is 6.75. The van der Waals surface area contributed by atoms with Gasteiger partial charge in [-0.25, -0.2) is 4.39 Å². The number of hydrogen-bond donors (Lipinski definition) is 2. The van der Waals surface area contributed by atoms with Gasteiger partial charge in [-0.3, -0.25) is 0 Å². The van der Waals surface area contributed by atoms with Crippen molar-refractivity contribution in [1.82, 2.24) is 5.32 Å². The van der Waals surface area contributed by atoms with Gasteiger partial charge in [0.2, 0.25) is 0 Å². The third-order valence-corrected chi connectivity index (χ3v) is 3.36. The van der Waals surface area contributed by atoms with E-state index in [4.69, 9.17) is 5.11 Å². The summed E-state index contributed by atoms with van der Waals surface area (Å²) in [5.74, 6) is -0.117. The molecule has 0 fully saturated rings. The van der Waals surface area contributed by atoms with E-state index >= 15 is 0 Å². The molecule has 2 rings (SSSR count). The number of benzene rings is 2. The molecule has 0 unspecified atom stereocenters. The molecular formula is C17H20FNO. The first-order chi connectivity index (χ1) is 9.60. The van der Waals surface area contributed by atoms with Crippen LogP contribution in [0, 0.1) is 19.7 Å². The Kier molecular flexibility index (Phi) is 4.88. The Morgan fingerprint density at radius 2 is 1.40 bits per heavy atom. The summed E-state index contributed by atoms with van der Waals surface area (Å²) in [7, 11) is 0. The molecule has 0 heterocycles. The second kappa shape index (κ2) is 6.64. The van der Waals surface area contributed by atoms with E-state index < -0.39 is 0 Å². The van der Waals surface area contributed by atoms with Crippen molar-refractivity contribution >= 4 is 0 Å². The lowest BCUT2D eigenvalue weighted by molar-refractivity contribution is 0.282. The maximum atomic E-state index is 13.5. The van der Waals surface area contributed by atoms with Gasteiger partial charge in [-0.2, -0.15) is 0 Å². The molecule has 0 aliphatic heterocycles. The van der Waals surface area contributed by atoms with Crippen LogP contribution in [0.1, 0.15) is 27.8 Å². The van der Waals surface area contributed by atoms with E-state index in [1.165, 1.54) is 0 Å². The van der Waals surface area contributed by atoms with E-state index in [9.17, 15) is 4.39 Å². The Bertz CT molecular complexity index is 555. The van der Waals surface area contributed by atoms with Crippen LogP contribution in [0.4, 0.5) is 4.39 Å². The van der Waals surface area contributed by atoms with Crippen LogP contribution in [-0.4, -0.2) is 5.11 Å². The lowest BCUT2D eigenvalue weighted by atomic mass is 10.1. The molecular weight excluding hydrogens is 253 g/mol. The number of aliphatic hydroxyl groups is 1. The molecule has 0 atom stereocenters. The van der Waals surface area contributed by atoms with Crippen LogP contribution in [0.15, 0.2) is 36.4 Å². The molecule has 2 aromatic carbocycles. The van der Waals surface area contributed by atoms with Gasteiger partial charge in [0, 0.05) is 13.1 Å². The Hall–Kier alpha value is -1.71. The molecule has 0 amide bonds. The second-order valence-corrected chi connectivity index (χ2v) is 5.12. The van der Waals surface area contributed by atoms with Gasteiger partial charge in [0.1, 0.15) is 5.82 Å². The summed E-state index contributed by atoms with van der Waals surface area (Å²) in [6, 6.07) is 11.6. The van der Waals surface area contributed by atoms with Crippen molar-refractivity contribution in [2.45, 2.75) is 33.5 Å². The fourth-order valence-electron chi connectivity index (χ4n) is 2.25. The fraction of sp³-hybridized carbons (Fsp3) is 0.294. The van der Waals surface area contributed by atoms with Crippen LogP contribution in [-0.2, 0) is 19.7 Å². The molecule has 2 N–H and O–H groups in total. The predicted molar refractivity (Wildman–Crippen MR) is 78.8 cm³/mol. The largest absolute Gasteiger partial charge is 0.392 e. The van der Waals surface area contributed by atoms with Crippen LogP contribution in [0.2, 0.25) is 0 Å². The standard InChI is InChI=1S/C17H20FNO/c1-12-7-16(8-13(2)17(12)18)10-19-9-14-3-5-15(11-20)6-4-14/h3-8,19-20H,9-11H2,1-2H3. The lowest BCUT2D eigenvalue weighted by Crippen LogP contribution is -2.13. The van der Waals surface area contributed by atoms with Gasteiger partial charge in [0.15, 0.2) is 0 Å². The van der Waals surface area contributed by atoms with Gasteiger partial charge in [-0.1, -0.05) is 36.4 Å². The van der Waals surface area contributed by atoms with E-state index in [1.807, 2.05) is 36.4 Å². The summed E-state index contributed by atoms with van der Waals surface area (Å²) < 4.78 is 13.5. The van der Waals surface area contributed by atoms with Gasteiger partial charge < -0.3 is 10.4 Å². The monoisotopic (exact) mass is 273 g/mol. The molecule has 0 aliphatic carbocycles. The zero-order valence-corrected chi connectivity index (χ0v) is 11.9. The summed E-state index contributed by atoms with van der Waals surface area (Å²) in [4.78, 5) is 0. The van der Waals surface area contributed by atoms with E-state index in [0.717, 1.165) is 23.2 Å². The maximum Gasteiger partial charge on any atom is 0.129 e. The van der Waals surface area contributed by atoms with Crippen molar-refractivity contribution in [2.75, 3.05) is 0 Å². The molecule has 0 aromatic heterocycles. The molecule has 2 aromatic rings. The molecule has 0 spiro atoms. The van der Waals surface area contributed by atoms with E-state index in [0.29, 0.717) is 17.7 Å². The summed E-state index contributed by atoms with van der Waals surface area (Å²) in [5.41, 5.74) is 4.55. The molecule has 3 heteroatoms. The van der Waals surface area contributed by atoms with Gasteiger partial charge in [0.05, 0.1) is 6.61 Å². The summed E-state index contributed by atoms with van der Waals surface area (Å²) in [6.45, 7) is 5.12. The normalized spacial score (nSPS) is 10.8. The fourth-order valence-corrected chi connectivity index (χ4v) is 2.25. The van der Waals surface area contributed by atoms with E-state index in [1.54, 1.807) is 13.8 Å². The summed E-state index contributed by atoms with van der Waals surface area (Å²) in [5, 5.41) is 12.3. The van der Waals surface area contributed by atoms with Crippen molar-refractivity contribution in [3.63, 3.8) is 0 Å². The molecule has 0 saturated heterocycles. The number of aryl methyl sites for hydroxylation is 2. The van der Waals surface area contributed by atoms with Gasteiger partial charge >= 0.3 is 0 Å². The lowest BCUT2D eigenvalue weighted by Gasteiger charge is -2.09. The van der Waals surface area contributed by atoms with Crippen LogP contribution in [0.5, 0.6) is 0 Å². The summed E-state index contributed by atoms with van der Waals surface area (Å²) in [6.07, 6.45) is 0. The van der Waals surface area contributed by atoms with Gasteiger partial charge in [0.25, 0.3) is 0 Å². The SMILES string of the molecule is Cc1cc(CNCc2ccc(CO)cc2)cc(C)c1F. The zero-order valence-electron chi connectivity index (χ0n) is 11.9. The summed E-state index contributed by atoms with van der Waals surface area (Å²) >= 11 is 0. The average molecular weight is 273 g/mol. The van der Waals surface area contributed by atoms with Crippen molar-refractivity contribution in [3.8, 4) is 0 Å². The number of nitrogens with one attached hydrogen (secondary N) is 1. The van der Waals surface area contributed by atoms with Crippen LogP contribution in [0.3, 0.4) is 0 Å². The molecule has 0 aliphatic rings. The minimum absolute atomic E-state index is 0.0713. The molecule has 2 nitrogen and oxygen atoms in total. The van der Waals surface area contributed by atoms with Gasteiger partial charge in [-0.15, -0.1) is 0 Å². The Labute approximate surface area is 119 Å². The van der Waals surface area contributed by atoms with Crippen molar-refractivity contribution < 1.29 is 9.50 Å². The molecule has 20 heavy (non-hydrogen) atoms. The predicted octanol–water partition coefficient (Wildman–Crippen LogP) is 3.22. The molecule has 106 valence electrons. The number of hydrogen-bond acceptors (Lipinski definition) is 2. The Morgan fingerprint density at radius 3 is 1.95 bits per heavy atom. The minimum Gasteiger partial charge on any atom is -0.392 e. The van der Waals surface area contributed by atoms with Crippen LogP contribution >= 0.6 is 0 Å². The molecule has 0 bridgehead atoms. The number of aliphatic hydroxyl groups excluding tert-OH is 1. The average Bonchev–Trinajstić information content (AvgIpc) is 2.45. The van der Waals surface area contributed by atoms with E-state index in [-0.39, 0.29) is 12.4 Å². The van der Waals surface area contributed by atoms with Crippen molar-refractivity contribution in [2.24, 2.45) is 0 Å². The highest BCUT2D eigenvalue weighted by Gasteiger charge is 2.04. The van der Waals surface area contributed by atoms with Gasteiger partial charge in [-0.05, 0) is 41.7 Å². The number of rotatable bonds is 5. The van der Waals surface area contributed by atoms with Crippen molar-refractivity contribution in [3.05, 3.63) is 70.0 Å².